The van der Waals surface area contributed by atoms with Gasteiger partial charge in [-0.2, -0.15) is 26.3 Å². The van der Waals surface area contributed by atoms with E-state index in [4.69, 9.17) is 4.74 Å². The fraction of sp³-hybridized carbons (Fsp3) is 0.615. The quantitative estimate of drug-likeness (QED) is 0.394. The van der Waals surface area contributed by atoms with Crippen LogP contribution in [0.2, 0.25) is 0 Å². The molecule has 1 saturated carbocycles. The normalized spacial score (nSPS) is 23.7. The molecule has 188 valence electrons. The second kappa shape index (κ2) is 9.96. The van der Waals surface area contributed by atoms with Gasteiger partial charge in [0.25, 0.3) is 0 Å². The molecule has 1 unspecified atom stereocenters. The third-order valence-corrected chi connectivity index (χ3v) is 7.32. The SMILES string of the molecule is CCC(c1ccc2ccc(OC3CCC(C(F)(F)F)CC3)c(C(F)(F)F)c2c1)N1CCCCC1. The van der Waals surface area contributed by atoms with Gasteiger partial charge in [-0.05, 0) is 86.5 Å². The Bertz CT molecular complexity index is 972. The minimum atomic E-state index is -4.65. The Morgan fingerprint density at radius 2 is 1.56 bits per heavy atom. The summed E-state index contributed by atoms with van der Waals surface area (Å²) in [6.07, 6.45) is -5.49. The van der Waals surface area contributed by atoms with Crippen molar-refractivity contribution in [1.29, 1.82) is 0 Å². The van der Waals surface area contributed by atoms with Gasteiger partial charge in [0, 0.05) is 6.04 Å². The van der Waals surface area contributed by atoms with Crippen molar-refractivity contribution >= 4 is 10.8 Å². The largest absolute Gasteiger partial charge is 0.490 e. The molecule has 0 N–H and O–H groups in total. The van der Waals surface area contributed by atoms with Crippen LogP contribution in [0.1, 0.15) is 75.5 Å². The lowest BCUT2D eigenvalue weighted by atomic mass is 9.87. The number of piperidine rings is 1. The third-order valence-electron chi connectivity index (χ3n) is 7.32. The van der Waals surface area contributed by atoms with Crippen LogP contribution >= 0.6 is 0 Å². The van der Waals surface area contributed by atoms with E-state index < -0.39 is 29.9 Å². The molecule has 34 heavy (non-hydrogen) atoms. The van der Waals surface area contributed by atoms with Gasteiger partial charge < -0.3 is 4.74 Å². The van der Waals surface area contributed by atoms with E-state index in [1.54, 1.807) is 18.2 Å². The second-order valence-corrected chi connectivity index (χ2v) is 9.57. The van der Waals surface area contributed by atoms with Crippen molar-refractivity contribution in [2.45, 2.75) is 82.8 Å². The van der Waals surface area contributed by atoms with Gasteiger partial charge in [0.15, 0.2) is 0 Å². The molecular weight excluding hydrogens is 456 g/mol. The van der Waals surface area contributed by atoms with Crippen molar-refractivity contribution in [2.24, 2.45) is 5.92 Å². The Labute approximate surface area is 196 Å². The number of ether oxygens (including phenoxy) is 1. The first-order valence-electron chi connectivity index (χ1n) is 12.2. The van der Waals surface area contributed by atoms with E-state index in [1.807, 2.05) is 13.0 Å². The van der Waals surface area contributed by atoms with E-state index in [-0.39, 0.29) is 42.9 Å². The number of fused-ring (bicyclic) bond motifs is 1. The monoisotopic (exact) mass is 487 g/mol. The van der Waals surface area contributed by atoms with Crippen molar-refractivity contribution in [3.05, 3.63) is 41.5 Å². The predicted molar refractivity (Wildman–Crippen MR) is 120 cm³/mol. The second-order valence-electron chi connectivity index (χ2n) is 9.57. The first kappa shape index (κ1) is 25.1. The van der Waals surface area contributed by atoms with Crippen LogP contribution in [0.5, 0.6) is 5.75 Å². The molecule has 0 amide bonds. The van der Waals surface area contributed by atoms with E-state index in [0.717, 1.165) is 37.9 Å². The maximum atomic E-state index is 14.3. The van der Waals surface area contributed by atoms with E-state index in [0.29, 0.717) is 5.39 Å². The highest BCUT2D eigenvalue weighted by atomic mass is 19.4. The summed E-state index contributed by atoms with van der Waals surface area (Å²) in [6.45, 7) is 3.92. The minimum absolute atomic E-state index is 0.0491. The lowest BCUT2D eigenvalue weighted by Gasteiger charge is -2.34. The summed E-state index contributed by atoms with van der Waals surface area (Å²) in [6, 6.07) is 8.23. The number of halogens is 6. The third kappa shape index (κ3) is 5.47. The van der Waals surface area contributed by atoms with Gasteiger partial charge in [-0.3, -0.25) is 4.90 Å². The highest BCUT2D eigenvalue weighted by Crippen LogP contribution is 2.44. The van der Waals surface area contributed by atoms with Crippen LogP contribution in [0, 0.1) is 5.92 Å². The van der Waals surface area contributed by atoms with Gasteiger partial charge in [-0.1, -0.05) is 31.5 Å². The first-order chi connectivity index (χ1) is 16.1. The first-order valence-corrected chi connectivity index (χ1v) is 12.2. The van der Waals surface area contributed by atoms with Gasteiger partial charge in [-0.15, -0.1) is 0 Å². The van der Waals surface area contributed by atoms with Gasteiger partial charge in [-0.25, -0.2) is 0 Å². The van der Waals surface area contributed by atoms with Crippen LogP contribution in [0.15, 0.2) is 30.3 Å². The van der Waals surface area contributed by atoms with Gasteiger partial charge in [0.2, 0.25) is 0 Å². The summed E-state index contributed by atoms with van der Waals surface area (Å²) in [5, 5.41) is 0.555. The molecule has 2 aromatic carbocycles. The molecule has 1 atom stereocenters. The number of nitrogens with zero attached hydrogens (tertiary/aromatic N) is 1. The summed E-state index contributed by atoms with van der Waals surface area (Å²) in [7, 11) is 0. The maximum Gasteiger partial charge on any atom is 0.420 e. The van der Waals surface area contributed by atoms with Crippen molar-refractivity contribution in [3.63, 3.8) is 0 Å². The summed E-state index contributed by atoms with van der Waals surface area (Å²) >= 11 is 0. The van der Waals surface area contributed by atoms with Crippen LogP contribution in [0.25, 0.3) is 10.8 Å². The van der Waals surface area contributed by atoms with Gasteiger partial charge >= 0.3 is 12.4 Å². The molecule has 0 radical (unpaired) electrons. The Morgan fingerprint density at radius 1 is 0.912 bits per heavy atom. The molecule has 0 spiro atoms. The number of benzene rings is 2. The Morgan fingerprint density at radius 3 is 2.15 bits per heavy atom. The average Bonchev–Trinajstić information content (AvgIpc) is 2.79. The molecule has 1 aliphatic carbocycles. The topological polar surface area (TPSA) is 12.5 Å². The Kier molecular flexibility index (Phi) is 7.36. The van der Waals surface area contributed by atoms with Crippen LogP contribution in [0.3, 0.4) is 0 Å². The molecule has 2 fully saturated rings. The minimum Gasteiger partial charge on any atom is -0.490 e. The van der Waals surface area contributed by atoms with Crippen LogP contribution in [0.4, 0.5) is 26.3 Å². The molecule has 0 aromatic heterocycles. The zero-order valence-corrected chi connectivity index (χ0v) is 19.3. The lowest BCUT2D eigenvalue weighted by Crippen LogP contribution is -2.33. The Hall–Kier alpha value is -1.96. The van der Waals surface area contributed by atoms with Crippen LogP contribution < -0.4 is 4.74 Å². The molecule has 8 heteroatoms. The summed E-state index contributed by atoms with van der Waals surface area (Å²) < 4.78 is 87.5. The highest BCUT2D eigenvalue weighted by Gasteiger charge is 2.43. The van der Waals surface area contributed by atoms with E-state index >= 15 is 0 Å². The molecule has 2 aliphatic rings. The standard InChI is InChI=1S/C26H31F6NO/c1-2-22(33-14-4-3-5-15-33)18-7-6-17-8-13-23(24(21(17)16-18)26(30,31)32)34-20-11-9-19(10-12-20)25(27,28)29/h6-8,13,16,19-20,22H,2-5,9-12,14-15H2,1H3. The average molecular weight is 488 g/mol. The predicted octanol–water partition coefficient (Wildman–Crippen LogP) is 8.30. The number of rotatable bonds is 5. The van der Waals surface area contributed by atoms with Crippen LogP contribution in [-0.2, 0) is 6.18 Å². The van der Waals surface area contributed by atoms with Crippen molar-refractivity contribution in [1.82, 2.24) is 4.90 Å². The molecule has 1 aliphatic heterocycles. The van der Waals surface area contributed by atoms with Gasteiger partial charge in [0.1, 0.15) is 11.3 Å². The molecular formula is C26H31F6NO. The fourth-order valence-electron chi connectivity index (χ4n) is 5.54. The van der Waals surface area contributed by atoms with Gasteiger partial charge in [0.05, 0.1) is 12.0 Å². The Balaban J connectivity index is 1.65. The van der Waals surface area contributed by atoms with Crippen molar-refractivity contribution in [2.75, 3.05) is 13.1 Å². The van der Waals surface area contributed by atoms with Crippen molar-refractivity contribution < 1.29 is 31.1 Å². The highest BCUT2D eigenvalue weighted by molar-refractivity contribution is 5.89. The summed E-state index contributed by atoms with van der Waals surface area (Å²) in [4.78, 5) is 2.34. The smallest absolute Gasteiger partial charge is 0.420 e. The summed E-state index contributed by atoms with van der Waals surface area (Å²) in [5.74, 6) is -1.70. The fourth-order valence-corrected chi connectivity index (χ4v) is 5.54. The van der Waals surface area contributed by atoms with E-state index in [9.17, 15) is 26.3 Å². The van der Waals surface area contributed by atoms with Crippen LogP contribution in [-0.4, -0.2) is 30.3 Å². The number of hydrogen-bond donors (Lipinski definition) is 0. The molecule has 4 rings (SSSR count). The number of likely N-dealkylation sites (tertiary alicyclic amines) is 1. The molecule has 2 nitrogen and oxygen atoms in total. The molecule has 1 heterocycles. The van der Waals surface area contributed by atoms with E-state index in [2.05, 4.69) is 4.90 Å². The van der Waals surface area contributed by atoms with E-state index in [1.165, 1.54) is 12.5 Å². The molecule has 0 bridgehead atoms. The zero-order chi connectivity index (χ0) is 24.5. The molecule has 2 aromatic rings. The number of hydrogen-bond acceptors (Lipinski definition) is 2. The maximum absolute atomic E-state index is 14.3. The van der Waals surface area contributed by atoms with Crippen molar-refractivity contribution in [3.8, 4) is 5.75 Å². The summed E-state index contributed by atoms with van der Waals surface area (Å²) in [5.41, 5.74) is 0.0172. The lowest BCUT2D eigenvalue weighted by molar-refractivity contribution is -0.185. The zero-order valence-electron chi connectivity index (χ0n) is 19.3. The number of alkyl halides is 6. The molecule has 1 saturated heterocycles.